The molecule has 0 aliphatic carbocycles. The van der Waals surface area contributed by atoms with Crippen LogP contribution >= 0.6 is 0 Å². The van der Waals surface area contributed by atoms with Crippen molar-refractivity contribution in [2.75, 3.05) is 6.54 Å². The van der Waals surface area contributed by atoms with Crippen molar-refractivity contribution >= 4 is 0 Å². The minimum absolute atomic E-state index is 0.239. The van der Waals surface area contributed by atoms with Crippen LogP contribution in [0, 0.1) is 0 Å². The molecule has 0 spiro atoms. The highest BCUT2D eigenvalue weighted by Crippen LogP contribution is 2.09. The van der Waals surface area contributed by atoms with Crippen LogP contribution in [0.4, 0.5) is 0 Å². The molecule has 80 valence electrons. The summed E-state index contributed by atoms with van der Waals surface area (Å²) in [6.45, 7) is 9.62. The molecule has 0 rings (SSSR count). The first kappa shape index (κ1) is 12.9. The molecular weight excluding hydrogens is 162 g/mol. The van der Waals surface area contributed by atoms with E-state index < -0.39 is 0 Å². The van der Waals surface area contributed by atoms with Gasteiger partial charge in [0.1, 0.15) is 6.23 Å². The van der Waals surface area contributed by atoms with Crippen molar-refractivity contribution in [3.05, 3.63) is 0 Å². The van der Waals surface area contributed by atoms with Crippen LogP contribution in [0.3, 0.4) is 0 Å². The predicted molar refractivity (Wildman–Crippen MR) is 57.7 cm³/mol. The van der Waals surface area contributed by atoms with Gasteiger partial charge < -0.3 is 5.11 Å². The molecule has 2 nitrogen and oxygen atoms in total. The summed E-state index contributed by atoms with van der Waals surface area (Å²) < 4.78 is 0. The highest BCUT2D eigenvalue weighted by molar-refractivity contribution is 4.65. The molecule has 0 saturated heterocycles. The van der Waals surface area contributed by atoms with Crippen LogP contribution in [0.1, 0.15) is 53.4 Å². The highest BCUT2D eigenvalue weighted by atomic mass is 16.3. The van der Waals surface area contributed by atoms with Crippen LogP contribution in [0.25, 0.3) is 0 Å². The van der Waals surface area contributed by atoms with Crippen molar-refractivity contribution < 1.29 is 5.11 Å². The third-order valence-corrected chi connectivity index (χ3v) is 2.36. The zero-order valence-corrected chi connectivity index (χ0v) is 9.58. The zero-order chi connectivity index (χ0) is 10.3. The zero-order valence-electron chi connectivity index (χ0n) is 9.58. The fourth-order valence-corrected chi connectivity index (χ4v) is 1.52. The standard InChI is InChI=1S/C11H25NO/c1-5-7-9-12(10(3)4)11(13)8-6-2/h10-11,13H,5-9H2,1-4H3. The van der Waals surface area contributed by atoms with Gasteiger partial charge in [-0.25, -0.2) is 0 Å². The Balaban J connectivity index is 3.91. The van der Waals surface area contributed by atoms with Crippen molar-refractivity contribution in [3.8, 4) is 0 Å². The Labute approximate surface area is 82.9 Å². The number of aliphatic hydroxyl groups is 1. The van der Waals surface area contributed by atoms with E-state index in [-0.39, 0.29) is 6.23 Å². The van der Waals surface area contributed by atoms with E-state index in [4.69, 9.17) is 0 Å². The molecule has 1 unspecified atom stereocenters. The van der Waals surface area contributed by atoms with Gasteiger partial charge in [-0.15, -0.1) is 0 Å². The van der Waals surface area contributed by atoms with Gasteiger partial charge in [0.2, 0.25) is 0 Å². The quantitative estimate of drug-likeness (QED) is 0.619. The van der Waals surface area contributed by atoms with E-state index in [1.807, 2.05) is 0 Å². The molecule has 2 heteroatoms. The molecule has 0 saturated carbocycles. The van der Waals surface area contributed by atoms with E-state index in [0.29, 0.717) is 6.04 Å². The summed E-state index contributed by atoms with van der Waals surface area (Å²) in [5.41, 5.74) is 0. The number of rotatable bonds is 7. The van der Waals surface area contributed by atoms with Crippen molar-refractivity contribution in [1.82, 2.24) is 4.90 Å². The van der Waals surface area contributed by atoms with Gasteiger partial charge in [0.25, 0.3) is 0 Å². The van der Waals surface area contributed by atoms with Crippen molar-refractivity contribution in [3.63, 3.8) is 0 Å². The molecular formula is C11H25NO. The first-order valence-electron chi connectivity index (χ1n) is 5.57. The molecule has 0 radical (unpaired) electrons. The number of hydrogen-bond donors (Lipinski definition) is 1. The van der Waals surface area contributed by atoms with E-state index >= 15 is 0 Å². The average Bonchev–Trinajstić information content (AvgIpc) is 2.05. The van der Waals surface area contributed by atoms with Crippen LogP contribution in [0.15, 0.2) is 0 Å². The van der Waals surface area contributed by atoms with Gasteiger partial charge in [0.15, 0.2) is 0 Å². The minimum atomic E-state index is -0.239. The van der Waals surface area contributed by atoms with Crippen LogP contribution in [0.5, 0.6) is 0 Å². The summed E-state index contributed by atoms with van der Waals surface area (Å²) in [4.78, 5) is 2.19. The molecule has 0 aliphatic heterocycles. The van der Waals surface area contributed by atoms with Gasteiger partial charge in [-0.3, -0.25) is 4.90 Å². The van der Waals surface area contributed by atoms with Gasteiger partial charge in [-0.2, -0.15) is 0 Å². The van der Waals surface area contributed by atoms with Gasteiger partial charge in [-0.1, -0.05) is 26.7 Å². The second-order valence-electron chi connectivity index (χ2n) is 3.95. The summed E-state index contributed by atoms with van der Waals surface area (Å²) in [7, 11) is 0. The normalized spacial score (nSPS) is 14.1. The van der Waals surface area contributed by atoms with E-state index in [1.54, 1.807) is 0 Å². The van der Waals surface area contributed by atoms with Crippen LogP contribution in [-0.4, -0.2) is 28.8 Å². The molecule has 0 aliphatic rings. The molecule has 0 aromatic heterocycles. The summed E-state index contributed by atoms with van der Waals surface area (Å²) in [6, 6.07) is 0.452. The van der Waals surface area contributed by atoms with Crippen molar-refractivity contribution in [2.45, 2.75) is 65.6 Å². The second-order valence-corrected chi connectivity index (χ2v) is 3.95. The maximum Gasteiger partial charge on any atom is 0.107 e. The summed E-state index contributed by atoms with van der Waals surface area (Å²) in [6.07, 6.45) is 4.08. The SMILES string of the molecule is CCCCN(C(C)C)C(O)CCC. The molecule has 0 fully saturated rings. The first-order valence-corrected chi connectivity index (χ1v) is 5.57. The van der Waals surface area contributed by atoms with E-state index in [0.717, 1.165) is 19.4 Å². The highest BCUT2D eigenvalue weighted by Gasteiger charge is 2.16. The molecule has 0 amide bonds. The Morgan fingerprint density at radius 2 is 1.77 bits per heavy atom. The molecule has 0 aromatic rings. The topological polar surface area (TPSA) is 23.5 Å². The third kappa shape index (κ3) is 5.27. The Bertz CT molecular complexity index is 115. The summed E-state index contributed by atoms with van der Waals surface area (Å²) in [5.74, 6) is 0. The Hall–Kier alpha value is -0.0800. The maximum absolute atomic E-state index is 9.83. The fourth-order valence-electron chi connectivity index (χ4n) is 1.52. The second kappa shape index (κ2) is 7.34. The third-order valence-electron chi connectivity index (χ3n) is 2.36. The molecule has 13 heavy (non-hydrogen) atoms. The lowest BCUT2D eigenvalue weighted by molar-refractivity contribution is -0.0229. The molecule has 1 N–H and O–H groups in total. The largest absolute Gasteiger partial charge is 0.378 e. The number of unbranched alkanes of at least 4 members (excludes halogenated alkanes) is 1. The van der Waals surface area contributed by atoms with Crippen molar-refractivity contribution in [1.29, 1.82) is 0 Å². The number of aliphatic hydroxyl groups excluding tert-OH is 1. The lowest BCUT2D eigenvalue weighted by Gasteiger charge is -2.31. The van der Waals surface area contributed by atoms with Gasteiger partial charge in [-0.05, 0) is 26.7 Å². The average molecular weight is 187 g/mol. The lowest BCUT2D eigenvalue weighted by atomic mass is 10.2. The van der Waals surface area contributed by atoms with Gasteiger partial charge in [0, 0.05) is 12.6 Å². The summed E-state index contributed by atoms with van der Waals surface area (Å²) in [5, 5.41) is 9.83. The van der Waals surface area contributed by atoms with Crippen molar-refractivity contribution in [2.24, 2.45) is 0 Å². The first-order chi connectivity index (χ1) is 6.13. The monoisotopic (exact) mass is 187 g/mol. The Morgan fingerprint density at radius 3 is 2.15 bits per heavy atom. The molecule has 0 heterocycles. The Kier molecular flexibility index (Phi) is 7.29. The number of hydrogen-bond acceptors (Lipinski definition) is 2. The van der Waals surface area contributed by atoms with E-state index in [2.05, 4.69) is 32.6 Å². The minimum Gasteiger partial charge on any atom is -0.378 e. The smallest absolute Gasteiger partial charge is 0.107 e. The van der Waals surface area contributed by atoms with Crippen LogP contribution < -0.4 is 0 Å². The summed E-state index contributed by atoms with van der Waals surface area (Å²) >= 11 is 0. The number of nitrogens with zero attached hydrogens (tertiary/aromatic N) is 1. The Morgan fingerprint density at radius 1 is 1.15 bits per heavy atom. The molecule has 0 bridgehead atoms. The maximum atomic E-state index is 9.83. The van der Waals surface area contributed by atoms with Gasteiger partial charge >= 0.3 is 0 Å². The molecule has 0 aromatic carbocycles. The predicted octanol–water partition coefficient (Wildman–Crippen LogP) is 2.62. The van der Waals surface area contributed by atoms with E-state index in [1.165, 1.54) is 12.8 Å². The molecule has 1 atom stereocenters. The van der Waals surface area contributed by atoms with Gasteiger partial charge in [0.05, 0.1) is 0 Å². The van der Waals surface area contributed by atoms with E-state index in [9.17, 15) is 5.11 Å². The van der Waals surface area contributed by atoms with Crippen LogP contribution in [-0.2, 0) is 0 Å². The lowest BCUT2D eigenvalue weighted by Crippen LogP contribution is -2.40. The fraction of sp³-hybridized carbons (Fsp3) is 1.00. The van der Waals surface area contributed by atoms with Crippen LogP contribution in [0.2, 0.25) is 0 Å².